The van der Waals surface area contributed by atoms with Gasteiger partial charge >= 0.3 is 11.7 Å². The van der Waals surface area contributed by atoms with E-state index in [-0.39, 0.29) is 23.7 Å². The van der Waals surface area contributed by atoms with Gasteiger partial charge in [-0.3, -0.25) is 14.2 Å². The number of benzene rings is 1. The average molecular weight is 362 g/mol. The Kier molecular flexibility index (Phi) is 3.57. The summed E-state index contributed by atoms with van der Waals surface area (Å²) >= 11 is 0. The Morgan fingerprint density at radius 1 is 1.31 bits per heavy atom. The van der Waals surface area contributed by atoms with Crippen LogP contribution in [0.5, 0.6) is 0 Å². The second-order valence-corrected chi connectivity index (χ2v) is 7.06. The summed E-state index contributed by atoms with van der Waals surface area (Å²) in [7, 11) is 0. The van der Waals surface area contributed by atoms with Crippen molar-refractivity contribution in [1.29, 1.82) is 0 Å². The molecule has 3 N–H and O–H groups in total. The van der Waals surface area contributed by atoms with Gasteiger partial charge in [0.15, 0.2) is 0 Å². The van der Waals surface area contributed by atoms with Gasteiger partial charge < -0.3 is 15.8 Å². The van der Waals surface area contributed by atoms with Crippen molar-refractivity contribution in [2.24, 2.45) is 5.92 Å². The standard InChI is InChI=1S/C17H19FN4O4/c1-8-13-11(15(23)22(19)17(26)21(13)10-2-3-10)6-12(18)14(8)20-5-4-9(7-20)16(24)25/h6,9-10H,2-5,7,19H2,1H3,(H,24,25). The molecule has 8 nitrogen and oxygen atoms in total. The van der Waals surface area contributed by atoms with E-state index in [1.807, 2.05) is 0 Å². The molecule has 1 saturated carbocycles. The van der Waals surface area contributed by atoms with Crippen molar-refractivity contribution < 1.29 is 14.3 Å². The number of carboxylic acid groups (broad SMARTS) is 1. The molecule has 2 aromatic rings. The molecule has 0 radical (unpaired) electrons. The minimum atomic E-state index is -0.910. The molecule has 4 rings (SSSR count). The fraction of sp³-hybridized carbons (Fsp3) is 0.471. The molecule has 1 aliphatic heterocycles. The highest BCUT2D eigenvalue weighted by atomic mass is 19.1. The van der Waals surface area contributed by atoms with E-state index < -0.39 is 29.0 Å². The molecule has 1 saturated heterocycles. The van der Waals surface area contributed by atoms with Crippen LogP contribution in [0.1, 0.15) is 30.9 Å². The van der Waals surface area contributed by atoms with E-state index in [9.17, 15) is 23.9 Å². The third-order valence-electron chi connectivity index (χ3n) is 5.33. The zero-order valence-corrected chi connectivity index (χ0v) is 14.2. The lowest BCUT2D eigenvalue weighted by Crippen LogP contribution is -2.44. The summed E-state index contributed by atoms with van der Waals surface area (Å²) in [5, 5.41) is 9.25. The van der Waals surface area contributed by atoms with Crippen LogP contribution in [-0.4, -0.2) is 33.4 Å². The van der Waals surface area contributed by atoms with E-state index in [4.69, 9.17) is 5.84 Å². The van der Waals surface area contributed by atoms with Crippen molar-refractivity contribution in [3.8, 4) is 0 Å². The van der Waals surface area contributed by atoms with Crippen LogP contribution < -0.4 is 22.0 Å². The van der Waals surface area contributed by atoms with Crippen LogP contribution in [0.3, 0.4) is 0 Å². The second kappa shape index (κ2) is 5.58. The first-order chi connectivity index (χ1) is 12.3. The topological polar surface area (TPSA) is 111 Å². The van der Waals surface area contributed by atoms with Crippen molar-refractivity contribution in [2.75, 3.05) is 23.8 Å². The summed E-state index contributed by atoms with van der Waals surface area (Å²) in [6.07, 6.45) is 2.01. The largest absolute Gasteiger partial charge is 0.481 e. The van der Waals surface area contributed by atoms with E-state index >= 15 is 0 Å². The highest BCUT2D eigenvalue weighted by Crippen LogP contribution is 2.39. The summed E-state index contributed by atoms with van der Waals surface area (Å²) in [6, 6.07) is 1.05. The van der Waals surface area contributed by atoms with Gasteiger partial charge in [0.2, 0.25) is 0 Å². The van der Waals surface area contributed by atoms with Crippen LogP contribution in [0.25, 0.3) is 10.9 Å². The number of nitrogens with zero attached hydrogens (tertiary/aromatic N) is 3. The Labute approximate surface area is 147 Å². The summed E-state index contributed by atoms with van der Waals surface area (Å²) in [5.74, 6) is 3.51. The zero-order chi connectivity index (χ0) is 18.7. The molecule has 0 amide bonds. The van der Waals surface area contributed by atoms with E-state index in [0.717, 1.165) is 18.9 Å². The van der Waals surface area contributed by atoms with Crippen molar-refractivity contribution >= 4 is 22.6 Å². The van der Waals surface area contributed by atoms with Crippen molar-refractivity contribution in [3.63, 3.8) is 0 Å². The number of aliphatic carboxylic acids is 1. The van der Waals surface area contributed by atoms with Gasteiger partial charge in [-0.1, -0.05) is 0 Å². The number of carbonyl (C=O) groups is 1. The number of aryl methyl sites for hydroxylation is 1. The predicted octanol–water partition coefficient (Wildman–Crippen LogP) is 0.570. The van der Waals surface area contributed by atoms with Crippen molar-refractivity contribution in [2.45, 2.75) is 32.2 Å². The monoisotopic (exact) mass is 362 g/mol. The van der Waals surface area contributed by atoms with Crippen molar-refractivity contribution in [1.82, 2.24) is 9.24 Å². The lowest BCUT2D eigenvalue weighted by atomic mass is 10.1. The van der Waals surface area contributed by atoms with Crippen LogP contribution in [0.2, 0.25) is 0 Å². The molecule has 26 heavy (non-hydrogen) atoms. The molecule has 0 spiro atoms. The normalized spacial score (nSPS) is 20.1. The molecule has 2 aliphatic rings. The molecule has 1 aromatic carbocycles. The van der Waals surface area contributed by atoms with Gasteiger partial charge in [-0.2, -0.15) is 4.68 Å². The molecule has 1 atom stereocenters. The van der Waals surface area contributed by atoms with Gasteiger partial charge in [-0.25, -0.2) is 9.18 Å². The van der Waals surface area contributed by atoms with Crippen LogP contribution in [-0.2, 0) is 4.79 Å². The average Bonchev–Trinajstić information content (AvgIpc) is 3.30. The van der Waals surface area contributed by atoms with E-state index in [2.05, 4.69) is 0 Å². The SMILES string of the molecule is Cc1c(N2CCC(C(=O)O)C2)c(F)cc2c(=O)n(N)c(=O)n(C3CC3)c12. The quantitative estimate of drug-likeness (QED) is 0.773. The van der Waals surface area contributed by atoms with Gasteiger partial charge in [0.1, 0.15) is 5.82 Å². The first-order valence-electron chi connectivity index (χ1n) is 8.54. The first kappa shape index (κ1) is 16.6. The van der Waals surface area contributed by atoms with Gasteiger partial charge in [-0.15, -0.1) is 0 Å². The predicted molar refractivity (Wildman–Crippen MR) is 93.5 cm³/mol. The first-order valence-corrected chi connectivity index (χ1v) is 8.54. The number of nitrogen functional groups attached to an aromatic ring is 1. The molecular weight excluding hydrogens is 343 g/mol. The van der Waals surface area contributed by atoms with Crippen molar-refractivity contribution in [3.05, 3.63) is 38.3 Å². The van der Waals surface area contributed by atoms with Gasteiger partial charge in [0.05, 0.1) is 22.5 Å². The lowest BCUT2D eigenvalue weighted by Gasteiger charge is -2.24. The lowest BCUT2D eigenvalue weighted by molar-refractivity contribution is -0.140. The highest BCUT2D eigenvalue weighted by Gasteiger charge is 2.33. The Morgan fingerprint density at radius 2 is 2.00 bits per heavy atom. The molecule has 1 unspecified atom stereocenters. The number of carboxylic acids is 1. The van der Waals surface area contributed by atoms with E-state index in [0.29, 0.717) is 28.7 Å². The molecule has 0 bridgehead atoms. The van der Waals surface area contributed by atoms with Gasteiger partial charge in [0, 0.05) is 24.7 Å². The number of hydrogen-bond acceptors (Lipinski definition) is 5. The summed E-state index contributed by atoms with van der Waals surface area (Å²) < 4.78 is 16.9. The molecule has 2 heterocycles. The van der Waals surface area contributed by atoms with E-state index in [1.54, 1.807) is 11.8 Å². The van der Waals surface area contributed by atoms with Crippen LogP contribution in [0, 0.1) is 18.7 Å². The number of halogens is 1. The van der Waals surface area contributed by atoms with Gasteiger partial charge in [-0.05, 0) is 32.3 Å². The van der Waals surface area contributed by atoms with Crippen LogP contribution >= 0.6 is 0 Å². The number of nitrogens with two attached hydrogens (primary N) is 1. The maximum Gasteiger partial charge on any atom is 0.350 e. The summed E-state index contributed by atoms with van der Waals surface area (Å²) in [6.45, 7) is 2.26. The Hall–Kier alpha value is -2.84. The number of aromatic nitrogens is 2. The Morgan fingerprint density at radius 3 is 2.58 bits per heavy atom. The fourth-order valence-corrected chi connectivity index (χ4v) is 3.88. The Bertz CT molecular complexity index is 1050. The number of anilines is 1. The maximum absolute atomic E-state index is 14.9. The molecule has 2 fully saturated rings. The van der Waals surface area contributed by atoms with Crippen LogP contribution in [0.4, 0.5) is 10.1 Å². The third-order valence-corrected chi connectivity index (χ3v) is 5.33. The van der Waals surface area contributed by atoms with E-state index in [1.165, 1.54) is 4.57 Å². The maximum atomic E-state index is 14.9. The highest BCUT2D eigenvalue weighted by molar-refractivity contribution is 5.87. The summed E-state index contributed by atoms with van der Waals surface area (Å²) in [4.78, 5) is 37.8. The Balaban J connectivity index is 1.98. The van der Waals surface area contributed by atoms with Crippen LogP contribution in [0.15, 0.2) is 15.7 Å². The second-order valence-electron chi connectivity index (χ2n) is 7.06. The molecule has 1 aromatic heterocycles. The number of hydrogen-bond donors (Lipinski definition) is 2. The summed E-state index contributed by atoms with van der Waals surface area (Å²) in [5.41, 5.74) is -0.243. The number of rotatable bonds is 3. The third kappa shape index (κ3) is 2.30. The fourth-order valence-electron chi connectivity index (χ4n) is 3.88. The smallest absolute Gasteiger partial charge is 0.350 e. The minimum absolute atomic E-state index is 0.0530. The number of fused-ring (bicyclic) bond motifs is 1. The molecular formula is C17H19FN4O4. The minimum Gasteiger partial charge on any atom is -0.481 e. The molecule has 9 heteroatoms. The molecule has 1 aliphatic carbocycles. The molecule has 138 valence electrons. The zero-order valence-electron chi connectivity index (χ0n) is 14.2. The van der Waals surface area contributed by atoms with Gasteiger partial charge in [0.25, 0.3) is 5.56 Å².